The molecule has 0 spiro atoms. The van der Waals surface area contributed by atoms with Gasteiger partial charge in [0.1, 0.15) is 0 Å². The van der Waals surface area contributed by atoms with E-state index < -0.39 is 7.44 Å². The Kier molecular flexibility index (Phi) is 5.60. The molecular formula is C20H21N2OP. The molecule has 2 N–H and O–H groups in total. The number of hydrogen-bond donors (Lipinski definition) is 2. The summed E-state index contributed by atoms with van der Waals surface area (Å²) in [6.45, 7) is 1.10. The maximum atomic E-state index is 13.5. The smallest absolute Gasteiger partial charge is 0.241 e. The summed E-state index contributed by atoms with van der Waals surface area (Å²) < 4.78 is 13.5. The van der Waals surface area contributed by atoms with Crippen LogP contribution in [-0.4, -0.2) is 0 Å². The Hall–Kier alpha value is -2.19. The van der Waals surface area contributed by atoms with Gasteiger partial charge in [-0.15, -0.1) is 0 Å². The summed E-state index contributed by atoms with van der Waals surface area (Å²) in [5.74, 6) is 0. The van der Waals surface area contributed by atoms with Crippen molar-refractivity contribution in [3.63, 3.8) is 0 Å². The Labute approximate surface area is 143 Å². The van der Waals surface area contributed by atoms with Crippen LogP contribution in [0.25, 0.3) is 0 Å². The highest BCUT2D eigenvalue weighted by Gasteiger charge is 2.23. The SMILES string of the molecule is O=P(NCc1ccccc1)(NCc1ccccc1)c1ccccc1. The molecule has 0 fully saturated rings. The maximum Gasteiger partial charge on any atom is 0.241 e. The van der Waals surface area contributed by atoms with E-state index in [-0.39, 0.29) is 0 Å². The Morgan fingerprint density at radius 2 is 0.958 bits per heavy atom. The number of rotatable bonds is 7. The van der Waals surface area contributed by atoms with Crippen LogP contribution in [0.15, 0.2) is 91.0 Å². The van der Waals surface area contributed by atoms with E-state index in [1.807, 2.05) is 91.0 Å². The van der Waals surface area contributed by atoms with Crippen LogP contribution in [0.3, 0.4) is 0 Å². The van der Waals surface area contributed by atoms with Gasteiger partial charge in [0.25, 0.3) is 0 Å². The average molecular weight is 336 g/mol. The first-order valence-electron chi connectivity index (χ1n) is 8.00. The molecule has 3 aromatic carbocycles. The standard InChI is InChI=1S/C20H21N2OP/c23-24(20-14-8-3-9-15-20,21-16-18-10-4-1-5-11-18)22-17-19-12-6-2-7-13-19/h1-15H,16-17H2,(H2,21,22,23). The van der Waals surface area contributed by atoms with E-state index in [0.29, 0.717) is 13.1 Å². The molecule has 0 unspecified atom stereocenters. The highest BCUT2D eigenvalue weighted by atomic mass is 31.2. The van der Waals surface area contributed by atoms with Crippen molar-refractivity contribution in [3.8, 4) is 0 Å². The second kappa shape index (κ2) is 8.07. The fourth-order valence-electron chi connectivity index (χ4n) is 2.47. The molecule has 4 heteroatoms. The topological polar surface area (TPSA) is 41.1 Å². The lowest BCUT2D eigenvalue weighted by atomic mass is 10.2. The van der Waals surface area contributed by atoms with Gasteiger partial charge in [-0.05, 0) is 23.3 Å². The van der Waals surface area contributed by atoms with Crippen molar-refractivity contribution >= 4 is 12.7 Å². The van der Waals surface area contributed by atoms with E-state index in [2.05, 4.69) is 10.2 Å². The third-order valence-corrected chi connectivity index (χ3v) is 6.05. The summed E-state index contributed by atoms with van der Waals surface area (Å²) in [5.41, 5.74) is 2.21. The second-order valence-electron chi connectivity index (χ2n) is 5.59. The van der Waals surface area contributed by atoms with Gasteiger partial charge in [-0.1, -0.05) is 78.9 Å². The summed E-state index contributed by atoms with van der Waals surface area (Å²) in [7, 11) is -2.90. The maximum absolute atomic E-state index is 13.5. The van der Waals surface area contributed by atoms with Crippen LogP contribution in [0.1, 0.15) is 11.1 Å². The second-order valence-corrected chi connectivity index (χ2v) is 7.95. The Balaban J connectivity index is 1.77. The zero-order chi connectivity index (χ0) is 16.7. The van der Waals surface area contributed by atoms with Crippen molar-refractivity contribution in [2.45, 2.75) is 13.1 Å². The zero-order valence-electron chi connectivity index (χ0n) is 13.4. The normalized spacial score (nSPS) is 11.3. The van der Waals surface area contributed by atoms with Crippen LogP contribution in [0.4, 0.5) is 0 Å². The van der Waals surface area contributed by atoms with Crippen molar-refractivity contribution in [1.29, 1.82) is 0 Å². The minimum atomic E-state index is -2.90. The van der Waals surface area contributed by atoms with Gasteiger partial charge in [0.2, 0.25) is 7.44 Å². The molecule has 0 aromatic heterocycles. The van der Waals surface area contributed by atoms with Crippen LogP contribution in [0, 0.1) is 0 Å². The van der Waals surface area contributed by atoms with Gasteiger partial charge in [-0.2, -0.15) is 0 Å². The minimum absolute atomic E-state index is 0.550. The number of benzene rings is 3. The lowest BCUT2D eigenvalue weighted by Crippen LogP contribution is -2.29. The lowest BCUT2D eigenvalue weighted by molar-refractivity contribution is 0.560. The molecule has 0 aliphatic rings. The van der Waals surface area contributed by atoms with Crippen molar-refractivity contribution in [2.75, 3.05) is 0 Å². The first kappa shape index (κ1) is 16.7. The van der Waals surface area contributed by atoms with Crippen LogP contribution in [0.2, 0.25) is 0 Å². The molecule has 0 aliphatic carbocycles. The summed E-state index contributed by atoms with van der Waals surface area (Å²) in [6.07, 6.45) is 0. The van der Waals surface area contributed by atoms with Gasteiger partial charge in [-0.25, -0.2) is 10.2 Å². The van der Waals surface area contributed by atoms with Crippen LogP contribution in [0.5, 0.6) is 0 Å². The molecule has 3 nitrogen and oxygen atoms in total. The fraction of sp³-hybridized carbons (Fsp3) is 0.100. The first-order chi connectivity index (χ1) is 11.8. The molecule has 3 rings (SSSR count). The minimum Gasteiger partial charge on any atom is -0.284 e. The molecule has 0 amide bonds. The van der Waals surface area contributed by atoms with Gasteiger partial charge >= 0.3 is 0 Å². The molecule has 3 aromatic rings. The predicted octanol–water partition coefficient (Wildman–Crippen LogP) is 4.08. The van der Waals surface area contributed by atoms with Crippen LogP contribution < -0.4 is 15.5 Å². The molecule has 0 heterocycles. The molecule has 122 valence electrons. The Morgan fingerprint density at radius 1 is 0.583 bits per heavy atom. The summed E-state index contributed by atoms with van der Waals surface area (Å²) in [5, 5.41) is 7.28. The highest BCUT2D eigenvalue weighted by Crippen LogP contribution is 2.35. The quantitative estimate of drug-likeness (QED) is 0.639. The molecule has 0 saturated carbocycles. The van der Waals surface area contributed by atoms with E-state index in [1.165, 1.54) is 0 Å². The molecule has 0 saturated heterocycles. The van der Waals surface area contributed by atoms with E-state index in [4.69, 9.17) is 0 Å². The molecule has 0 bridgehead atoms. The third kappa shape index (κ3) is 4.42. The highest BCUT2D eigenvalue weighted by molar-refractivity contribution is 7.67. The number of nitrogens with one attached hydrogen (secondary N) is 2. The monoisotopic (exact) mass is 336 g/mol. The Bertz CT molecular complexity index is 744. The first-order valence-corrected chi connectivity index (χ1v) is 9.71. The van der Waals surface area contributed by atoms with Gasteiger partial charge in [0.05, 0.1) is 0 Å². The summed E-state index contributed by atoms with van der Waals surface area (Å²) >= 11 is 0. The molecule has 0 atom stereocenters. The van der Waals surface area contributed by atoms with E-state index in [0.717, 1.165) is 16.4 Å². The fourth-order valence-corrected chi connectivity index (χ4v) is 4.35. The molecular weight excluding hydrogens is 315 g/mol. The summed E-state index contributed by atoms with van der Waals surface area (Å²) in [4.78, 5) is 0. The van der Waals surface area contributed by atoms with Crippen molar-refractivity contribution < 1.29 is 4.57 Å². The molecule has 0 aliphatic heterocycles. The third-order valence-electron chi connectivity index (χ3n) is 3.82. The van der Waals surface area contributed by atoms with E-state index in [1.54, 1.807) is 0 Å². The van der Waals surface area contributed by atoms with Gasteiger partial charge in [-0.3, -0.25) is 4.57 Å². The average Bonchev–Trinajstić information content (AvgIpc) is 2.67. The summed E-state index contributed by atoms with van der Waals surface area (Å²) in [6, 6.07) is 29.6. The largest absolute Gasteiger partial charge is 0.284 e. The van der Waals surface area contributed by atoms with E-state index >= 15 is 0 Å². The van der Waals surface area contributed by atoms with Gasteiger partial charge in [0.15, 0.2) is 0 Å². The number of hydrogen-bond acceptors (Lipinski definition) is 1. The predicted molar refractivity (Wildman–Crippen MR) is 100 cm³/mol. The molecule has 24 heavy (non-hydrogen) atoms. The Morgan fingerprint density at radius 3 is 1.38 bits per heavy atom. The van der Waals surface area contributed by atoms with Gasteiger partial charge < -0.3 is 0 Å². The van der Waals surface area contributed by atoms with Crippen LogP contribution in [-0.2, 0) is 17.7 Å². The van der Waals surface area contributed by atoms with Gasteiger partial charge in [0, 0.05) is 18.4 Å². The lowest BCUT2D eigenvalue weighted by Gasteiger charge is -2.21. The van der Waals surface area contributed by atoms with E-state index in [9.17, 15) is 4.57 Å². The van der Waals surface area contributed by atoms with Crippen LogP contribution >= 0.6 is 7.44 Å². The molecule has 0 radical (unpaired) electrons. The van der Waals surface area contributed by atoms with Crippen molar-refractivity contribution in [1.82, 2.24) is 10.2 Å². The van der Waals surface area contributed by atoms with Crippen molar-refractivity contribution in [3.05, 3.63) is 102 Å². The zero-order valence-corrected chi connectivity index (χ0v) is 14.3. The van der Waals surface area contributed by atoms with Crippen molar-refractivity contribution in [2.24, 2.45) is 0 Å².